The fraction of sp³-hybridized carbons (Fsp3) is 0.0526. The lowest BCUT2D eigenvalue weighted by Gasteiger charge is -2.07. The zero-order chi connectivity index (χ0) is 17.6. The third kappa shape index (κ3) is 4.49. The van der Waals surface area contributed by atoms with Gasteiger partial charge in [0.15, 0.2) is 5.76 Å². The van der Waals surface area contributed by atoms with Crippen LogP contribution in [0.25, 0.3) is 0 Å². The Morgan fingerprint density at radius 2 is 1.72 bits per heavy atom. The monoisotopic (exact) mass is 355 g/mol. The molecule has 0 aliphatic rings. The molecule has 0 saturated carbocycles. The fourth-order valence-electron chi connectivity index (χ4n) is 2.10. The lowest BCUT2D eigenvalue weighted by molar-refractivity contribution is 0.0472. The van der Waals surface area contributed by atoms with Gasteiger partial charge in [0, 0.05) is 10.7 Å². The molecule has 3 aromatic rings. The maximum absolute atomic E-state index is 12.1. The molecule has 6 heteroatoms. The predicted octanol–water partition coefficient (Wildman–Crippen LogP) is 4.54. The smallest absolute Gasteiger partial charge is 0.338 e. The van der Waals surface area contributed by atoms with E-state index in [0.717, 1.165) is 5.56 Å². The Hall–Kier alpha value is -3.05. The summed E-state index contributed by atoms with van der Waals surface area (Å²) in [6, 6.07) is 16.7. The number of hydrogen-bond acceptors (Lipinski definition) is 4. The Labute approximate surface area is 149 Å². The summed E-state index contributed by atoms with van der Waals surface area (Å²) < 4.78 is 10.3. The van der Waals surface area contributed by atoms with Crippen LogP contribution in [-0.2, 0) is 11.3 Å². The van der Waals surface area contributed by atoms with E-state index in [1.165, 1.54) is 6.26 Å². The molecular weight excluding hydrogens is 342 g/mol. The summed E-state index contributed by atoms with van der Waals surface area (Å²) in [4.78, 5) is 23.9. The third-order valence-corrected chi connectivity index (χ3v) is 3.66. The van der Waals surface area contributed by atoms with Crippen LogP contribution in [0.2, 0.25) is 5.02 Å². The number of benzene rings is 2. The average Bonchev–Trinajstić information content (AvgIpc) is 3.16. The number of esters is 1. The van der Waals surface area contributed by atoms with Gasteiger partial charge >= 0.3 is 5.97 Å². The van der Waals surface area contributed by atoms with E-state index in [0.29, 0.717) is 16.3 Å². The summed E-state index contributed by atoms with van der Waals surface area (Å²) in [5.41, 5.74) is 1.79. The van der Waals surface area contributed by atoms with Gasteiger partial charge in [-0.05, 0) is 54.1 Å². The normalized spacial score (nSPS) is 10.3. The Morgan fingerprint density at radius 1 is 1.00 bits per heavy atom. The molecule has 25 heavy (non-hydrogen) atoms. The molecule has 5 nitrogen and oxygen atoms in total. The van der Waals surface area contributed by atoms with Gasteiger partial charge < -0.3 is 14.5 Å². The van der Waals surface area contributed by atoms with Crippen LogP contribution in [0.5, 0.6) is 0 Å². The minimum Gasteiger partial charge on any atom is -0.459 e. The molecule has 0 atom stereocenters. The van der Waals surface area contributed by atoms with Crippen LogP contribution in [-0.4, -0.2) is 11.9 Å². The van der Waals surface area contributed by atoms with Crippen molar-refractivity contribution in [1.82, 2.24) is 0 Å². The summed E-state index contributed by atoms with van der Waals surface area (Å²) in [5, 5.41) is 3.30. The molecule has 0 aliphatic heterocycles. The van der Waals surface area contributed by atoms with Crippen molar-refractivity contribution in [2.45, 2.75) is 6.61 Å². The van der Waals surface area contributed by atoms with Gasteiger partial charge in [0.2, 0.25) is 0 Å². The van der Waals surface area contributed by atoms with Gasteiger partial charge in [-0.3, -0.25) is 4.79 Å². The average molecular weight is 356 g/mol. The Balaban J connectivity index is 1.56. The van der Waals surface area contributed by atoms with Crippen LogP contribution in [0.4, 0.5) is 5.69 Å². The molecule has 0 spiro atoms. The van der Waals surface area contributed by atoms with Crippen LogP contribution < -0.4 is 5.32 Å². The second kappa shape index (κ2) is 7.68. The first-order valence-corrected chi connectivity index (χ1v) is 7.86. The zero-order valence-corrected chi connectivity index (χ0v) is 13.8. The molecule has 0 unspecified atom stereocenters. The summed E-state index contributed by atoms with van der Waals surface area (Å²) in [6.07, 6.45) is 1.43. The number of carbonyl (C=O) groups is 2. The number of furan rings is 1. The van der Waals surface area contributed by atoms with Gasteiger partial charge in [0.1, 0.15) is 6.61 Å². The summed E-state index contributed by atoms with van der Waals surface area (Å²) in [7, 11) is 0. The predicted molar refractivity (Wildman–Crippen MR) is 93.7 cm³/mol. The highest BCUT2D eigenvalue weighted by atomic mass is 35.5. The number of rotatable bonds is 5. The van der Waals surface area contributed by atoms with E-state index in [2.05, 4.69) is 5.32 Å². The minimum atomic E-state index is -0.445. The van der Waals surface area contributed by atoms with Crippen LogP contribution >= 0.6 is 11.6 Å². The Kier molecular flexibility index (Phi) is 5.16. The molecule has 126 valence electrons. The van der Waals surface area contributed by atoms with Crippen LogP contribution in [0.3, 0.4) is 0 Å². The highest BCUT2D eigenvalue weighted by Gasteiger charge is 2.10. The standard InChI is InChI=1S/C19H14ClNO4/c20-15-7-3-13(4-8-15)12-25-19(23)14-5-9-16(10-6-14)21-18(22)17-2-1-11-24-17/h1-11H,12H2,(H,21,22). The first-order valence-electron chi connectivity index (χ1n) is 7.48. The van der Waals surface area contributed by atoms with E-state index in [9.17, 15) is 9.59 Å². The second-order valence-electron chi connectivity index (χ2n) is 5.21. The van der Waals surface area contributed by atoms with Crippen molar-refractivity contribution in [3.63, 3.8) is 0 Å². The molecule has 1 N–H and O–H groups in total. The van der Waals surface area contributed by atoms with E-state index in [1.54, 1.807) is 60.7 Å². The topological polar surface area (TPSA) is 68.5 Å². The number of ether oxygens (including phenoxy) is 1. The number of hydrogen-bond donors (Lipinski definition) is 1. The summed E-state index contributed by atoms with van der Waals surface area (Å²) >= 11 is 5.81. The van der Waals surface area contributed by atoms with Crippen molar-refractivity contribution >= 4 is 29.2 Å². The van der Waals surface area contributed by atoms with E-state index in [-0.39, 0.29) is 18.3 Å². The second-order valence-corrected chi connectivity index (χ2v) is 5.65. The number of amides is 1. The quantitative estimate of drug-likeness (QED) is 0.682. The summed E-state index contributed by atoms with van der Waals surface area (Å²) in [6.45, 7) is 0.160. The molecule has 0 fully saturated rings. The molecule has 1 amide bonds. The molecule has 0 saturated heterocycles. The van der Waals surface area contributed by atoms with Crippen molar-refractivity contribution in [3.05, 3.63) is 88.8 Å². The lowest BCUT2D eigenvalue weighted by Crippen LogP contribution is -2.11. The maximum Gasteiger partial charge on any atom is 0.338 e. The van der Waals surface area contributed by atoms with Crippen molar-refractivity contribution in [2.75, 3.05) is 5.32 Å². The SMILES string of the molecule is O=C(OCc1ccc(Cl)cc1)c1ccc(NC(=O)c2ccco2)cc1. The van der Waals surface area contributed by atoms with Crippen LogP contribution in [0.15, 0.2) is 71.3 Å². The zero-order valence-electron chi connectivity index (χ0n) is 13.1. The molecule has 3 rings (SSSR count). The van der Waals surface area contributed by atoms with Crippen molar-refractivity contribution in [1.29, 1.82) is 0 Å². The number of nitrogens with one attached hydrogen (secondary N) is 1. The van der Waals surface area contributed by atoms with Crippen molar-refractivity contribution in [2.24, 2.45) is 0 Å². The van der Waals surface area contributed by atoms with Crippen LogP contribution in [0.1, 0.15) is 26.5 Å². The van der Waals surface area contributed by atoms with Gasteiger partial charge in [-0.25, -0.2) is 4.79 Å². The number of carbonyl (C=O) groups excluding carboxylic acids is 2. The van der Waals surface area contributed by atoms with Gasteiger partial charge in [-0.15, -0.1) is 0 Å². The highest BCUT2D eigenvalue weighted by Crippen LogP contribution is 2.14. The fourth-order valence-corrected chi connectivity index (χ4v) is 2.23. The van der Waals surface area contributed by atoms with Crippen LogP contribution in [0, 0.1) is 0 Å². The molecule has 0 radical (unpaired) electrons. The van der Waals surface area contributed by atoms with E-state index in [4.69, 9.17) is 20.8 Å². The Morgan fingerprint density at radius 3 is 2.36 bits per heavy atom. The molecule has 1 aromatic heterocycles. The van der Waals surface area contributed by atoms with E-state index >= 15 is 0 Å². The number of anilines is 1. The number of halogens is 1. The first-order chi connectivity index (χ1) is 12.1. The maximum atomic E-state index is 12.1. The highest BCUT2D eigenvalue weighted by molar-refractivity contribution is 6.30. The first kappa shape index (κ1) is 16.8. The van der Waals surface area contributed by atoms with Gasteiger partial charge in [-0.1, -0.05) is 23.7 Å². The molecule has 0 aliphatic carbocycles. The van der Waals surface area contributed by atoms with Gasteiger partial charge in [0.25, 0.3) is 5.91 Å². The molecule has 0 bridgehead atoms. The molecule has 2 aromatic carbocycles. The Bertz CT molecular complexity index is 855. The third-order valence-electron chi connectivity index (χ3n) is 3.41. The van der Waals surface area contributed by atoms with Gasteiger partial charge in [-0.2, -0.15) is 0 Å². The van der Waals surface area contributed by atoms with E-state index < -0.39 is 5.97 Å². The minimum absolute atomic E-state index is 0.160. The van der Waals surface area contributed by atoms with Crippen molar-refractivity contribution in [3.8, 4) is 0 Å². The largest absolute Gasteiger partial charge is 0.459 e. The molecular formula is C19H14ClNO4. The van der Waals surface area contributed by atoms with E-state index in [1.807, 2.05) is 0 Å². The van der Waals surface area contributed by atoms with Gasteiger partial charge in [0.05, 0.1) is 11.8 Å². The summed E-state index contributed by atoms with van der Waals surface area (Å²) in [5.74, 6) is -0.589. The molecule has 1 heterocycles. The lowest BCUT2D eigenvalue weighted by atomic mass is 10.2. The van der Waals surface area contributed by atoms with Crippen molar-refractivity contribution < 1.29 is 18.7 Å².